The standard InChI is InChI=1S/C21H20BrN3O3/c1-4-28-19-12-15(11-17(22)21(19)27)7-10-18(26)20-14(3)25(24-23-20)16-8-5-13(2)6-9-16/h5-12,27H,4H2,1-3H3/b10-7+. The summed E-state index contributed by atoms with van der Waals surface area (Å²) in [6.45, 7) is 6.08. The van der Waals surface area contributed by atoms with Gasteiger partial charge in [0.1, 0.15) is 0 Å². The third-order valence-corrected chi connectivity index (χ3v) is 4.79. The van der Waals surface area contributed by atoms with E-state index in [-0.39, 0.29) is 11.5 Å². The molecule has 0 saturated carbocycles. The minimum atomic E-state index is -0.252. The minimum absolute atomic E-state index is 0.0298. The fourth-order valence-electron chi connectivity index (χ4n) is 2.69. The summed E-state index contributed by atoms with van der Waals surface area (Å²) in [6, 6.07) is 11.2. The quantitative estimate of drug-likeness (QED) is 0.444. The van der Waals surface area contributed by atoms with Crippen LogP contribution in [0.3, 0.4) is 0 Å². The van der Waals surface area contributed by atoms with Gasteiger partial charge in [0.05, 0.1) is 22.5 Å². The normalized spacial score (nSPS) is 11.1. The van der Waals surface area contributed by atoms with Gasteiger partial charge in [-0.1, -0.05) is 29.0 Å². The van der Waals surface area contributed by atoms with Crippen molar-refractivity contribution in [2.45, 2.75) is 20.8 Å². The molecule has 0 fully saturated rings. The Kier molecular flexibility index (Phi) is 5.94. The molecule has 0 spiro atoms. The molecule has 2 aromatic carbocycles. The van der Waals surface area contributed by atoms with Gasteiger partial charge in [-0.15, -0.1) is 5.10 Å². The molecular weight excluding hydrogens is 422 g/mol. The van der Waals surface area contributed by atoms with Crippen molar-refractivity contribution < 1.29 is 14.6 Å². The van der Waals surface area contributed by atoms with Gasteiger partial charge >= 0.3 is 0 Å². The molecule has 1 heterocycles. The number of phenolic OH excluding ortho intramolecular Hbond substituents is 1. The lowest BCUT2D eigenvalue weighted by Crippen LogP contribution is -2.02. The largest absolute Gasteiger partial charge is 0.503 e. The maximum Gasteiger partial charge on any atom is 0.208 e. The highest BCUT2D eigenvalue weighted by Crippen LogP contribution is 2.35. The van der Waals surface area contributed by atoms with Gasteiger partial charge in [0, 0.05) is 0 Å². The van der Waals surface area contributed by atoms with Crippen molar-refractivity contribution in [3.8, 4) is 17.2 Å². The predicted molar refractivity (Wildman–Crippen MR) is 111 cm³/mol. The highest BCUT2D eigenvalue weighted by molar-refractivity contribution is 9.10. The number of hydrogen-bond donors (Lipinski definition) is 1. The van der Waals surface area contributed by atoms with Crippen molar-refractivity contribution in [3.63, 3.8) is 0 Å². The number of hydrogen-bond acceptors (Lipinski definition) is 5. The molecule has 3 rings (SSSR count). The highest BCUT2D eigenvalue weighted by atomic mass is 79.9. The van der Waals surface area contributed by atoms with E-state index in [2.05, 4.69) is 26.2 Å². The molecule has 7 heteroatoms. The van der Waals surface area contributed by atoms with Crippen molar-refractivity contribution in [1.29, 1.82) is 0 Å². The molecule has 3 aromatic rings. The van der Waals surface area contributed by atoms with E-state index >= 15 is 0 Å². The number of nitrogens with zero attached hydrogens (tertiary/aromatic N) is 3. The van der Waals surface area contributed by atoms with Gasteiger partial charge in [-0.2, -0.15) is 0 Å². The number of carbonyl (C=O) groups excluding carboxylic acids is 1. The van der Waals surface area contributed by atoms with Crippen molar-refractivity contribution in [2.24, 2.45) is 0 Å². The Balaban J connectivity index is 1.85. The first kappa shape index (κ1) is 19.8. The Morgan fingerprint density at radius 1 is 1.25 bits per heavy atom. The Morgan fingerprint density at radius 3 is 2.64 bits per heavy atom. The zero-order valence-electron chi connectivity index (χ0n) is 15.8. The Labute approximate surface area is 171 Å². The van der Waals surface area contributed by atoms with Crippen LogP contribution in [0.2, 0.25) is 0 Å². The molecule has 0 saturated heterocycles. The van der Waals surface area contributed by atoms with Gasteiger partial charge in [-0.3, -0.25) is 4.79 Å². The van der Waals surface area contributed by atoms with Gasteiger partial charge in [0.25, 0.3) is 0 Å². The number of aryl methyl sites for hydroxylation is 1. The molecule has 0 atom stereocenters. The molecule has 1 N–H and O–H groups in total. The number of halogens is 1. The minimum Gasteiger partial charge on any atom is -0.503 e. The van der Waals surface area contributed by atoms with Crippen LogP contribution in [0.5, 0.6) is 11.5 Å². The van der Waals surface area contributed by atoms with Crippen LogP contribution in [0.1, 0.15) is 34.2 Å². The summed E-state index contributed by atoms with van der Waals surface area (Å²) in [6.07, 6.45) is 3.09. The monoisotopic (exact) mass is 441 g/mol. The van der Waals surface area contributed by atoms with Crippen molar-refractivity contribution >= 4 is 27.8 Å². The maximum absolute atomic E-state index is 12.6. The first-order chi connectivity index (χ1) is 13.4. The summed E-state index contributed by atoms with van der Waals surface area (Å²) in [7, 11) is 0. The number of aromatic hydroxyl groups is 1. The zero-order valence-corrected chi connectivity index (χ0v) is 17.4. The second-order valence-electron chi connectivity index (χ2n) is 6.25. The first-order valence-electron chi connectivity index (χ1n) is 8.77. The number of rotatable bonds is 6. The number of carbonyl (C=O) groups is 1. The van der Waals surface area contributed by atoms with Crippen LogP contribution in [0.4, 0.5) is 0 Å². The number of phenols is 1. The van der Waals surface area contributed by atoms with Gasteiger partial charge in [0.2, 0.25) is 5.78 Å². The summed E-state index contributed by atoms with van der Waals surface area (Å²) in [4.78, 5) is 12.6. The molecule has 0 aliphatic rings. The number of allylic oxidation sites excluding steroid dienone is 1. The lowest BCUT2D eigenvalue weighted by atomic mass is 10.1. The summed E-state index contributed by atoms with van der Waals surface area (Å²) in [5.74, 6) is 0.130. The van der Waals surface area contributed by atoms with Gasteiger partial charge in [0.15, 0.2) is 17.2 Å². The molecule has 0 amide bonds. The number of ether oxygens (including phenoxy) is 1. The van der Waals surface area contributed by atoms with Crippen LogP contribution in [0.15, 0.2) is 46.9 Å². The van der Waals surface area contributed by atoms with Crippen LogP contribution in [0.25, 0.3) is 11.8 Å². The van der Waals surface area contributed by atoms with Crippen molar-refractivity contribution in [1.82, 2.24) is 15.0 Å². The molecule has 0 aliphatic heterocycles. The third kappa shape index (κ3) is 4.14. The summed E-state index contributed by atoms with van der Waals surface area (Å²) < 4.78 is 7.54. The number of ketones is 1. The molecule has 0 aliphatic carbocycles. The molecule has 0 unspecified atom stereocenters. The molecule has 144 valence electrons. The Hall–Kier alpha value is -2.93. The van der Waals surface area contributed by atoms with E-state index in [9.17, 15) is 9.90 Å². The number of benzene rings is 2. The van der Waals surface area contributed by atoms with Crippen molar-refractivity contribution in [3.05, 3.63) is 69.5 Å². The third-order valence-electron chi connectivity index (χ3n) is 4.18. The molecule has 28 heavy (non-hydrogen) atoms. The van der Waals surface area contributed by atoms with E-state index in [0.717, 1.165) is 11.3 Å². The Bertz CT molecular complexity index is 1040. The van der Waals surface area contributed by atoms with Crippen LogP contribution in [0, 0.1) is 13.8 Å². The van der Waals surface area contributed by atoms with Gasteiger partial charge in [-0.05, 0) is 72.6 Å². The van der Waals surface area contributed by atoms with Gasteiger partial charge < -0.3 is 9.84 Å². The van der Waals surface area contributed by atoms with E-state index in [1.54, 1.807) is 22.9 Å². The predicted octanol–water partition coefficient (Wildman–Crippen LogP) is 4.65. The van der Waals surface area contributed by atoms with E-state index in [1.807, 2.05) is 45.0 Å². The van der Waals surface area contributed by atoms with Crippen molar-refractivity contribution in [2.75, 3.05) is 6.61 Å². The molecule has 0 bridgehead atoms. The molecule has 6 nitrogen and oxygen atoms in total. The van der Waals surface area contributed by atoms with E-state index in [0.29, 0.717) is 33.8 Å². The topological polar surface area (TPSA) is 77.2 Å². The fraction of sp³-hybridized carbons (Fsp3) is 0.190. The van der Waals surface area contributed by atoms with E-state index in [1.165, 1.54) is 6.08 Å². The summed E-state index contributed by atoms with van der Waals surface area (Å²) >= 11 is 3.29. The molecule has 1 aromatic heterocycles. The van der Waals surface area contributed by atoms with E-state index in [4.69, 9.17) is 4.74 Å². The number of aromatic nitrogens is 3. The smallest absolute Gasteiger partial charge is 0.208 e. The second kappa shape index (κ2) is 8.39. The second-order valence-corrected chi connectivity index (χ2v) is 7.11. The summed E-state index contributed by atoms with van der Waals surface area (Å²) in [5, 5.41) is 18.1. The highest BCUT2D eigenvalue weighted by Gasteiger charge is 2.15. The lowest BCUT2D eigenvalue weighted by Gasteiger charge is -2.08. The van der Waals surface area contributed by atoms with Crippen LogP contribution in [-0.2, 0) is 0 Å². The van der Waals surface area contributed by atoms with Gasteiger partial charge in [-0.25, -0.2) is 4.68 Å². The first-order valence-corrected chi connectivity index (χ1v) is 9.57. The van der Waals surface area contributed by atoms with Crippen LogP contribution in [-0.4, -0.2) is 32.5 Å². The molecular formula is C21H20BrN3O3. The maximum atomic E-state index is 12.6. The summed E-state index contributed by atoms with van der Waals surface area (Å²) in [5.41, 5.74) is 3.67. The lowest BCUT2D eigenvalue weighted by molar-refractivity contribution is 0.104. The SMILES string of the molecule is CCOc1cc(/C=C/C(=O)c2nnn(-c3ccc(C)cc3)c2C)cc(Br)c1O. The average Bonchev–Trinajstić information content (AvgIpc) is 3.06. The fourth-order valence-corrected chi connectivity index (χ4v) is 3.15. The molecule has 0 radical (unpaired) electrons. The Morgan fingerprint density at radius 2 is 1.96 bits per heavy atom. The van der Waals surface area contributed by atoms with Crippen LogP contribution < -0.4 is 4.74 Å². The average molecular weight is 442 g/mol. The van der Waals surface area contributed by atoms with E-state index < -0.39 is 0 Å². The van der Waals surface area contributed by atoms with Crippen LogP contribution >= 0.6 is 15.9 Å². The zero-order chi connectivity index (χ0) is 20.3.